The summed E-state index contributed by atoms with van der Waals surface area (Å²) in [6.07, 6.45) is 0.266. The Hall–Kier alpha value is -2.63. The Bertz CT molecular complexity index is 1130. The molecule has 0 heterocycles. The standard InChI is InChI=1S/C21H29N3O6S2/c1-6-24(7-2)32(28,29)20-14-8-17(9-15-20)22-21(25)16(3)30-19-12-10-18(11-13-19)23(4)31(5,26)27/h8-16H,6-7H2,1-5H3,(H,22,25)/t16-/m0/s1. The first-order valence-corrected chi connectivity index (χ1v) is 13.3. The van der Waals surface area contributed by atoms with E-state index in [-0.39, 0.29) is 4.90 Å². The van der Waals surface area contributed by atoms with Gasteiger partial charge in [-0.25, -0.2) is 16.8 Å². The predicted molar refractivity (Wildman–Crippen MR) is 125 cm³/mol. The van der Waals surface area contributed by atoms with Crippen molar-refractivity contribution in [2.75, 3.05) is 36.0 Å². The molecule has 2 aromatic carbocycles. The van der Waals surface area contributed by atoms with Crippen molar-refractivity contribution in [1.29, 1.82) is 0 Å². The molecule has 0 aromatic heterocycles. The van der Waals surface area contributed by atoms with Crippen LogP contribution in [-0.4, -0.2) is 59.5 Å². The van der Waals surface area contributed by atoms with Crippen molar-refractivity contribution in [3.63, 3.8) is 0 Å². The minimum atomic E-state index is -3.57. The van der Waals surface area contributed by atoms with E-state index < -0.39 is 32.1 Å². The van der Waals surface area contributed by atoms with Crippen LogP contribution in [0.5, 0.6) is 5.75 Å². The van der Waals surface area contributed by atoms with Crippen LogP contribution in [0.4, 0.5) is 11.4 Å². The number of rotatable bonds is 10. The first-order valence-electron chi connectivity index (χ1n) is 10.0. The number of sulfonamides is 2. The summed E-state index contributed by atoms with van der Waals surface area (Å²) in [5, 5.41) is 2.69. The Labute approximate surface area is 190 Å². The maximum Gasteiger partial charge on any atom is 0.265 e. The van der Waals surface area contributed by atoms with Gasteiger partial charge in [0.2, 0.25) is 20.0 Å². The summed E-state index contributed by atoms with van der Waals surface area (Å²) in [7, 11) is -5.50. The summed E-state index contributed by atoms with van der Waals surface area (Å²) in [5.74, 6) is -0.0133. The van der Waals surface area contributed by atoms with Crippen molar-refractivity contribution < 1.29 is 26.4 Å². The van der Waals surface area contributed by atoms with E-state index >= 15 is 0 Å². The predicted octanol–water partition coefficient (Wildman–Crippen LogP) is 2.52. The Morgan fingerprint density at radius 2 is 1.50 bits per heavy atom. The molecule has 9 nitrogen and oxygen atoms in total. The lowest BCUT2D eigenvalue weighted by molar-refractivity contribution is -0.122. The monoisotopic (exact) mass is 483 g/mol. The normalized spacial score (nSPS) is 12.9. The summed E-state index contributed by atoms with van der Waals surface area (Å²) in [4.78, 5) is 12.6. The van der Waals surface area contributed by atoms with Crippen LogP contribution in [0.25, 0.3) is 0 Å². The van der Waals surface area contributed by atoms with Crippen LogP contribution >= 0.6 is 0 Å². The lowest BCUT2D eigenvalue weighted by Gasteiger charge is -2.19. The molecule has 0 bridgehead atoms. The maximum absolute atomic E-state index is 12.5. The number of carbonyl (C=O) groups is 1. The summed E-state index contributed by atoms with van der Waals surface area (Å²) in [6, 6.07) is 12.3. The number of nitrogens with one attached hydrogen (secondary N) is 1. The zero-order chi connectivity index (χ0) is 24.1. The van der Waals surface area contributed by atoms with Gasteiger partial charge in [0, 0.05) is 25.8 Å². The van der Waals surface area contributed by atoms with Gasteiger partial charge >= 0.3 is 0 Å². The Morgan fingerprint density at radius 3 is 1.97 bits per heavy atom. The van der Waals surface area contributed by atoms with Crippen molar-refractivity contribution in [2.45, 2.75) is 31.8 Å². The molecule has 32 heavy (non-hydrogen) atoms. The fourth-order valence-electron chi connectivity index (χ4n) is 2.85. The molecule has 0 saturated heterocycles. The number of anilines is 2. The molecular formula is C21H29N3O6S2. The average Bonchev–Trinajstić information content (AvgIpc) is 2.74. The zero-order valence-electron chi connectivity index (χ0n) is 18.8. The van der Waals surface area contributed by atoms with Gasteiger partial charge in [-0.2, -0.15) is 4.31 Å². The molecule has 0 aliphatic heterocycles. The molecule has 176 valence electrons. The quantitative estimate of drug-likeness (QED) is 0.556. The summed E-state index contributed by atoms with van der Waals surface area (Å²) in [5.41, 5.74) is 0.908. The SMILES string of the molecule is CCN(CC)S(=O)(=O)c1ccc(NC(=O)[C@H](C)Oc2ccc(N(C)S(C)(=O)=O)cc2)cc1. The van der Waals surface area contributed by atoms with Crippen LogP contribution in [-0.2, 0) is 24.8 Å². The van der Waals surface area contributed by atoms with Crippen molar-refractivity contribution in [3.05, 3.63) is 48.5 Å². The van der Waals surface area contributed by atoms with Gasteiger partial charge in [-0.1, -0.05) is 13.8 Å². The fourth-order valence-corrected chi connectivity index (χ4v) is 4.81. The highest BCUT2D eigenvalue weighted by atomic mass is 32.2. The van der Waals surface area contributed by atoms with Crippen LogP contribution in [0.1, 0.15) is 20.8 Å². The highest BCUT2D eigenvalue weighted by Crippen LogP contribution is 2.22. The van der Waals surface area contributed by atoms with Crippen LogP contribution < -0.4 is 14.4 Å². The average molecular weight is 484 g/mol. The van der Waals surface area contributed by atoms with E-state index in [1.165, 1.54) is 35.6 Å². The molecular weight excluding hydrogens is 454 g/mol. The van der Waals surface area contributed by atoms with E-state index in [1.807, 2.05) is 0 Å². The highest BCUT2D eigenvalue weighted by molar-refractivity contribution is 7.92. The van der Waals surface area contributed by atoms with Crippen molar-refractivity contribution in [3.8, 4) is 5.75 Å². The van der Waals surface area contributed by atoms with Crippen LogP contribution in [0.15, 0.2) is 53.4 Å². The molecule has 0 aliphatic carbocycles. The van der Waals surface area contributed by atoms with Gasteiger partial charge in [0.1, 0.15) is 5.75 Å². The largest absolute Gasteiger partial charge is 0.481 e. The van der Waals surface area contributed by atoms with Crippen molar-refractivity contribution >= 4 is 37.3 Å². The number of hydrogen-bond acceptors (Lipinski definition) is 6. The molecule has 2 rings (SSSR count). The summed E-state index contributed by atoms with van der Waals surface area (Å²) in [6.45, 7) is 5.86. The zero-order valence-corrected chi connectivity index (χ0v) is 20.4. The molecule has 1 amide bonds. The molecule has 2 aromatic rings. The second kappa shape index (κ2) is 10.3. The molecule has 0 radical (unpaired) electrons. The topological polar surface area (TPSA) is 113 Å². The van der Waals surface area contributed by atoms with E-state index in [0.717, 1.165) is 10.6 Å². The highest BCUT2D eigenvalue weighted by Gasteiger charge is 2.22. The summed E-state index contributed by atoms with van der Waals surface area (Å²) >= 11 is 0. The van der Waals surface area contributed by atoms with Crippen molar-refractivity contribution in [1.82, 2.24) is 4.31 Å². The van der Waals surface area contributed by atoms with E-state index in [1.54, 1.807) is 45.0 Å². The Morgan fingerprint density at radius 1 is 0.969 bits per heavy atom. The fraction of sp³-hybridized carbons (Fsp3) is 0.381. The van der Waals surface area contributed by atoms with Gasteiger partial charge in [-0.05, 0) is 55.5 Å². The Balaban J connectivity index is 2.02. The maximum atomic E-state index is 12.5. The third-order valence-electron chi connectivity index (χ3n) is 4.84. The molecule has 11 heteroatoms. The Kier molecular flexibility index (Phi) is 8.27. The summed E-state index contributed by atoms with van der Waals surface area (Å²) < 4.78 is 56.4. The number of hydrogen-bond donors (Lipinski definition) is 1. The van der Waals surface area contributed by atoms with Gasteiger partial charge in [0.15, 0.2) is 6.10 Å². The second-order valence-corrected chi connectivity index (χ2v) is 11.0. The lowest BCUT2D eigenvalue weighted by atomic mass is 10.3. The lowest BCUT2D eigenvalue weighted by Crippen LogP contribution is -2.31. The smallest absolute Gasteiger partial charge is 0.265 e. The number of ether oxygens (including phenoxy) is 1. The molecule has 1 atom stereocenters. The van der Waals surface area contributed by atoms with Crippen LogP contribution in [0, 0.1) is 0 Å². The van der Waals surface area contributed by atoms with E-state index in [2.05, 4.69) is 5.32 Å². The van der Waals surface area contributed by atoms with Crippen LogP contribution in [0.2, 0.25) is 0 Å². The minimum absolute atomic E-state index is 0.155. The number of nitrogens with zero attached hydrogens (tertiary/aromatic N) is 2. The first kappa shape index (κ1) is 25.6. The van der Waals surface area contributed by atoms with E-state index in [4.69, 9.17) is 4.74 Å². The number of benzene rings is 2. The van der Waals surface area contributed by atoms with Gasteiger partial charge in [0.25, 0.3) is 5.91 Å². The number of carbonyl (C=O) groups excluding carboxylic acids is 1. The molecule has 0 aliphatic rings. The third-order valence-corrected chi connectivity index (χ3v) is 8.11. The molecule has 0 unspecified atom stereocenters. The minimum Gasteiger partial charge on any atom is -0.481 e. The van der Waals surface area contributed by atoms with Crippen LogP contribution in [0.3, 0.4) is 0 Å². The second-order valence-electron chi connectivity index (χ2n) is 7.09. The molecule has 0 fully saturated rings. The van der Waals surface area contributed by atoms with Gasteiger partial charge in [-0.15, -0.1) is 0 Å². The first-order chi connectivity index (χ1) is 14.9. The molecule has 0 saturated carbocycles. The third kappa shape index (κ3) is 6.21. The van der Waals surface area contributed by atoms with Gasteiger partial charge in [-0.3, -0.25) is 9.10 Å². The van der Waals surface area contributed by atoms with E-state index in [9.17, 15) is 21.6 Å². The van der Waals surface area contributed by atoms with Crippen molar-refractivity contribution in [2.24, 2.45) is 0 Å². The number of amides is 1. The van der Waals surface area contributed by atoms with Gasteiger partial charge < -0.3 is 10.1 Å². The van der Waals surface area contributed by atoms with Gasteiger partial charge in [0.05, 0.1) is 16.8 Å². The molecule has 1 N–H and O–H groups in total. The van der Waals surface area contributed by atoms with E-state index in [0.29, 0.717) is 30.2 Å². The molecule has 0 spiro atoms.